The van der Waals surface area contributed by atoms with Gasteiger partial charge in [-0.15, -0.1) is 6.42 Å². The van der Waals surface area contributed by atoms with Crippen molar-refractivity contribution in [3.8, 4) is 12.3 Å². The largest absolute Gasteiger partial charge is 0.444 e. The van der Waals surface area contributed by atoms with Crippen LogP contribution >= 0.6 is 12.6 Å². The molecule has 8 heteroatoms. The molecule has 198 valence electrons. The first kappa shape index (κ1) is 29.8. The van der Waals surface area contributed by atoms with Gasteiger partial charge in [-0.25, -0.2) is 4.79 Å². The Morgan fingerprint density at radius 1 is 1.08 bits per heavy atom. The number of carbonyl (C=O) groups is 3. The summed E-state index contributed by atoms with van der Waals surface area (Å²) < 4.78 is 5.34. The molecule has 2 unspecified atom stereocenters. The van der Waals surface area contributed by atoms with E-state index >= 15 is 0 Å². The van der Waals surface area contributed by atoms with E-state index in [-0.39, 0.29) is 24.7 Å². The number of carbonyl (C=O) groups excluding carboxylic acids is 3. The number of ether oxygens (including phenoxy) is 1. The molecule has 0 heterocycles. The molecule has 0 aliphatic heterocycles. The lowest BCUT2D eigenvalue weighted by molar-refractivity contribution is -0.142. The number of rotatable bonds is 11. The molecule has 0 fully saturated rings. The highest BCUT2D eigenvalue weighted by atomic mass is 32.1. The molecular formula is C29H37N3O4S. The van der Waals surface area contributed by atoms with Gasteiger partial charge in [-0.3, -0.25) is 9.59 Å². The molecule has 0 spiro atoms. The van der Waals surface area contributed by atoms with Crippen LogP contribution in [0.2, 0.25) is 0 Å². The first-order valence-corrected chi connectivity index (χ1v) is 13.0. The first-order valence-electron chi connectivity index (χ1n) is 12.4. The van der Waals surface area contributed by atoms with E-state index in [2.05, 4.69) is 29.2 Å². The van der Waals surface area contributed by atoms with Crippen molar-refractivity contribution in [2.24, 2.45) is 0 Å². The number of nitrogens with one attached hydrogen (secondary N) is 2. The van der Waals surface area contributed by atoms with Crippen molar-refractivity contribution in [1.29, 1.82) is 0 Å². The van der Waals surface area contributed by atoms with E-state index in [9.17, 15) is 14.4 Å². The van der Waals surface area contributed by atoms with Gasteiger partial charge in [-0.1, -0.05) is 67.8 Å². The van der Waals surface area contributed by atoms with Crippen LogP contribution in [0.4, 0.5) is 4.79 Å². The summed E-state index contributed by atoms with van der Waals surface area (Å²) in [6.45, 7) is 7.79. The average Bonchev–Trinajstić information content (AvgIpc) is 2.87. The van der Waals surface area contributed by atoms with Crippen molar-refractivity contribution < 1.29 is 19.1 Å². The van der Waals surface area contributed by atoms with Gasteiger partial charge in [0, 0.05) is 24.4 Å². The van der Waals surface area contributed by atoms with Gasteiger partial charge in [0.25, 0.3) is 0 Å². The molecule has 0 saturated heterocycles. The third kappa shape index (κ3) is 9.18. The fraction of sp³-hybridized carbons (Fsp3) is 0.414. The Labute approximate surface area is 225 Å². The van der Waals surface area contributed by atoms with Gasteiger partial charge in [-0.2, -0.15) is 12.6 Å². The van der Waals surface area contributed by atoms with Crippen molar-refractivity contribution in [3.63, 3.8) is 0 Å². The predicted octanol–water partition coefficient (Wildman–Crippen LogP) is 4.48. The van der Waals surface area contributed by atoms with E-state index < -0.39 is 29.7 Å². The zero-order valence-electron chi connectivity index (χ0n) is 22.0. The minimum atomic E-state index is -1.00. The molecule has 0 aliphatic carbocycles. The zero-order valence-corrected chi connectivity index (χ0v) is 22.9. The number of benzene rings is 2. The zero-order chi connectivity index (χ0) is 27.4. The lowest BCUT2D eigenvalue weighted by atomic mass is 9.97. The highest BCUT2D eigenvalue weighted by Crippen LogP contribution is 2.26. The van der Waals surface area contributed by atoms with Gasteiger partial charge in [0.05, 0.1) is 0 Å². The van der Waals surface area contributed by atoms with Gasteiger partial charge in [0.2, 0.25) is 11.8 Å². The maximum atomic E-state index is 13.8. The smallest absolute Gasteiger partial charge is 0.408 e. The van der Waals surface area contributed by atoms with Crippen LogP contribution in [-0.4, -0.2) is 46.7 Å². The molecule has 0 aromatic heterocycles. The third-order valence-electron chi connectivity index (χ3n) is 5.49. The number of hydrogen-bond donors (Lipinski definition) is 3. The highest BCUT2D eigenvalue weighted by molar-refractivity contribution is 7.80. The summed E-state index contributed by atoms with van der Waals surface area (Å²) in [5, 5.41) is 5.57. The predicted molar refractivity (Wildman–Crippen MR) is 149 cm³/mol. The molecule has 2 N–H and O–H groups in total. The van der Waals surface area contributed by atoms with Gasteiger partial charge in [0.1, 0.15) is 17.7 Å². The Balaban J connectivity index is 2.45. The van der Waals surface area contributed by atoms with Gasteiger partial charge in [-0.05, 0) is 44.4 Å². The molecule has 0 radical (unpaired) electrons. The van der Waals surface area contributed by atoms with Crippen molar-refractivity contribution in [3.05, 3.63) is 71.3 Å². The van der Waals surface area contributed by atoms with Gasteiger partial charge < -0.3 is 20.3 Å². The van der Waals surface area contributed by atoms with E-state index in [1.807, 2.05) is 37.3 Å². The van der Waals surface area contributed by atoms with Crippen LogP contribution in [0.5, 0.6) is 0 Å². The summed E-state index contributed by atoms with van der Waals surface area (Å²) in [4.78, 5) is 41.5. The molecule has 0 bridgehead atoms. The highest BCUT2D eigenvalue weighted by Gasteiger charge is 2.36. The standard InChI is InChI=1S/C29H37N3O4S/c1-6-8-18-32(27(34)24(20-37)31-28(35)36-29(3,4)5)25(23-17-13-12-16-22(23)7-2)26(33)30-19-21-14-10-9-11-15-21/h2,9-17,24-25,37H,6,8,18-20H2,1,3-5H3,(H,30,33)(H,31,35). The third-order valence-corrected chi connectivity index (χ3v) is 5.85. The van der Waals surface area contributed by atoms with Crippen LogP contribution in [0.15, 0.2) is 54.6 Å². The molecule has 7 nitrogen and oxygen atoms in total. The van der Waals surface area contributed by atoms with Crippen LogP contribution in [0, 0.1) is 12.3 Å². The van der Waals surface area contributed by atoms with Crippen LogP contribution in [-0.2, 0) is 20.9 Å². The molecule has 0 saturated carbocycles. The SMILES string of the molecule is C#Cc1ccccc1C(C(=O)NCc1ccccc1)N(CCCC)C(=O)C(CS)NC(=O)OC(C)(C)C. The molecule has 0 aliphatic rings. The van der Waals surface area contributed by atoms with E-state index in [0.29, 0.717) is 17.5 Å². The van der Waals surface area contributed by atoms with Gasteiger partial charge in [0.15, 0.2) is 0 Å². The Bertz CT molecular complexity index is 1090. The average molecular weight is 524 g/mol. The van der Waals surface area contributed by atoms with E-state index in [1.54, 1.807) is 45.0 Å². The number of amides is 3. The topological polar surface area (TPSA) is 87.7 Å². The monoisotopic (exact) mass is 523 g/mol. The van der Waals surface area contributed by atoms with Crippen molar-refractivity contribution >= 4 is 30.5 Å². The summed E-state index contributed by atoms with van der Waals surface area (Å²) >= 11 is 4.31. The fourth-order valence-corrected chi connectivity index (χ4v) is 3.98. The van der Waals surface area contributed by atoms with Crippen LogP contribution in [0.3, 0.4) is 0 Å². The number of terminal acetylenes is 1. The summed E-state index contributed by atoms with van der Waals surface area (Å²) in [7, 11) is 0. The Kier molecular flexibility index (Phi) is 11.5. The van der Waals surface area contributed by atoms with E-state index in [0.717, 1.165) is 12.0 Å². The second kappa shape index (κ2) is 14.3. The van der Waals surface area contributed by atoms with Crippen LogP contribution in [0.1, 0.15) is 63.3 Å². The second-order valence-corrected chi connectivity index (χ2v) is 9.97. The van der Waals surface area contributed by atoms with Crippen LogP contribution < -0.4 is 10.6 Å². The lowest BCUT2D eigenvalue weighted by Crippen LogP contribution is -2.54. The molecule has 2 aromatic rings. The molecule has 3 amide bonds. The normalized spacial score (nSPS) is 12.5. The molecule has 2 atom stereocenters. The quantitative estimate of drug-likeness (QED) is 0.299. The fourth-order valence-electron chi connectivity index (χ4n) is 3.73. The Morgan fingerprint density at radius 2 is 1.73 bits per heavy atom. The van der Waals surface area contributed by atoms with Crippen LogP contribution in [0.25, 0.3) is 0 Å². The Morgan fingerprint density at radius 3 is 2.32 bits per heavy atom. The number of hydrogen-bond acceptors (Lipinski definition) is 5. The van der Waals surface area contributed by atoms with E-state index in [4.69, 9.17) is 11.2 Å². The van der Waals surface area contributed by atoms with Gasteiger partial charge >= 0.3 is 6.09 Å². The summed E-state index contributed by atoms with van der Waals surface area (Å²) in [6, 6.07) is 14.6. The van der Waals surface area contributed by atoms with Crippen molar-refractivity contribution in [2.75, 3.05) is 12.3 Å². The lowest BCUT2D eigenvalue weighted by Gasteiger charge is -2.34. The molecular weight excluding hydrogens is 486 g/mol. The molecule has 2 rings (SSSR count). The number of unbranched alkanes of at least 4 members (excludes halogenated alkanes) is 1. The van der Waals surface area contributed by atoms with Crippen molar-refractivity contribution in [2.45, 2.75) is 64.8 Å². The summed E-state index contributed by atoms with van der Waals surface area (Å²) in [6.07, 6.45) is 6.48. The second-order valence-electron chi connectivity index (χ2n) is 9.60. The number of alkyl carbamates (subject to hydrolysis) is 1. The minimum absolute atomic E-state index is 0.0237. The maximum absolute atomic E-state index is 13.8. The first-order chi connectivity index (χ1) is 17.6. The summed E-state index contributed by atoms with van der Waals surface area (Å²) in [5.74, 6) is 1.84. The molecule has 37 heavy (non-hydrogen) atoms. The minimum Gasteiger partial charge on any atom is -0.444 e. The maximum Gasteiger partial charge on any atom is 0.408 e. The van der Waals surface area contributed by atoms with E-state index in [1.165, 1.54) is 4.90 Å². The molecule has 2 aromatic carbocycles. The number of nitrogens with zero attached hydrogens (tertiary/aromatic N) is 1. The number of thiol groups is 1. The summed E-state index contributed by atoms with van der Waals surface area (Å²) in [5.41, 5.74) is 1.24. The van der Waals surface area contributed by atoms with Crippen molar-refractivity contribution in [1.82, 2.24) is 15.5 Å². The Hall–Kier alpha value is -3.44.